The van der Waals surface area contributed by atoms with Crippen molar-refractivity contribution in [1.29, 1.82) is 0 Å². The van der Waals surface area contributed by atoms with Gasteiger partial charge in [-0.05, 0) is 69.3 Å². The summed E-state index contributed by atoms with van der Waals surface area (Å²) in [6, 6.07) is 0.229. The number of rotatable bonds is 8. The largest absolute Gasteiger partial charge is 0.480 e. The molecule has 2 aliphatic rings. The number of carbonyl (C=O) groups is 1. The monoisotopic (exact) mass is 313 g/mol. The molecule has 0 amide bonds. The van der Waals surface area contributed by atoms with E-state index in [1.807, 2.05) is 11.8 Å². The van der Waals surface area contributed by atoms with Crippen molar-refractivity contribution in [3.8, 4) is 0 Å². The summed E-state index contributed by atoms with van der Waals surface area (Å²) in [6.07, 6.45) is 9.58. The van der Waals surface area contributed by atoms with Crippen molar-refractivity contribution in [2.24, 2.45) is 11.8 Å². The van der Waals surface area contributed by atoms with Gasteiger partial charge in [0.05, 0.1) is 0 Å². The second-order valence-electron chi connectivity index (χ2n) is 7.18. The van der Waals surface area contributed by atoms with Crippen LogP contribution in [-0.2, 0) is 4.79 Å². The van der Waals surface area contributed by atoms with Crippen LogP contribution in [0.1, 0.15) is 65.2 Å². The van der Waals surface area contributed by atoms with E-state index in [1.54, 1.807) is 0 Å². The minimum Gasteiger partial charge on any atom is -0.480 e. The van der Waals surface area contributed by atoms with E-state index in [-0.39, 0.29) is 6.04 Å². The maximum Gasteiger partial charge on any atom is 0.324 e. The normalized spacial score (nSPS) is 30.3. The van der Waals surface area contributed by atoms with Crippen LogP contribution in [-0.4, -0.2) is 34.2 Å². The molecule has 2 atom stereocenters. The highest BCUT2D eigenvalue weighted by Gasteiger charge is 2.48. The summed E-state index contributed by atoms with van der Waals surface area (Å²) in [5.41, 5.74) is -0.665. The van der Waals surface area contributed by atoms with Gasteiger partial charge in [-0.25, -0.2) is 0 Å². The van der Waals surface area contributed by atoms with Crippen molar-refractivity contribution < 1.29 is 9.90 Å². The van der Waals surface area contributed by atoms with Gasteiger partial charge in [0.15, 0.2) is 0 Å². The molecule has 0 saturated heterocycles. The Hall–Kier alpha value is -0.220. The lowest BCUT2D eigenvalue weighted by Gasteiger charge is -2.34. The highest BCUT2D eigenvalue weighted by molar-refractivity contribution is 7.99. The van der Waals surface area contributed by atoms with Gasteiger partial charge in [0.2, 0.25) is 0 Å². The molecule has 2 rings (SSSR count). The lowest BCUT2D eigenvalue weighted by Crippen LogP contribution is -2.57. The molecule has 3 nitrogen and oxygen atoms in total. The van der Waals surface area contributed by atoms with Gasteiger partial charge in [0, 0.05) is 6.04 Å². The molecule has 0 aromatic heterocycles. The average Bonchev–Trinajstić information content (AvgIpc) is 3.04. The highest BCUT2D eigenvalue weighted by Crippen LogP contribution is 2.39. The fourth-order valence-corrected chi connectivity index (χ4v) is 5.45. The molecule has 2 unspecified atom stereocenters. The second kappa shape index (κ2) is 7.87. The van der Waals surface area contributed by atoms with Gasteiger partial charge in [0.25, 0.3) is 0 Å². The lowest BCUT2D eigenvalue weighted by molar-refractivity contribution is -0.147. The van der Waals surface area contributed by atoms with Crippen LogP contribution in [0.2, 0.25) is 0 Å². The number of thioether (sulfide) groups is 1. The Labute approximate surface area is 133 Å². The van der Waals surface area contributed by atoms with Gasteiger partial charge < -0.3 is 5.11 Å². The Balaban J connectivity index is 1.80. The van der Waals surface area contributed by atoms with Crippen LogP contribution in [0.3, 0.4) is 0 Å². The van der Waals surface area contributed by atoms with Gasteiger partial charge in [-0.2, -0.15) is 11.8 Å². The third-order valence-corrected chi connectivity index (χ3v) is 6.42. The van der Waals surface area contributed by atoms with Crippen LogP contribution in [0.15, 0.2) is 0 Å². The minimum atomic E-state index is -0.665. The minimum absolute atomic E-state index is 0.229. The summed E-state index contributed by atoms with van der Waals surface area (Å²) in [7, 11) is 0. The van der Waals surface area contributed by atoms with E-state index in [0.717, 1.165) is 37.4 Å². The number of nitrogens with one attached hydrogen (secondary N) is 1. The lowest BCUT2D eigenvalue weighted by atomic mass is 9.84. The first-order valence-corrected chi connectivity index (χ1v) is 9.79. The van der Waals surface area contributed by atoms with Crippen molar-refractivity contribution in [2.45, 2.75) is 76.8 Å². The Bertz CT molecular complexity index is 342. The molecule has 0 bridgehead atoms. The molecule has 4 heteroatoms. The summed E-state index contributed by atoms with van der Waals surface area (Å²) in [5, 5.41) is 13.1. The maximum absolute atomic E-state index is 11.8. The van der Waals surface area contributed by atoms with Crippen LogP contribution < -0.4 is 5.32 Å². The summed E-state index contributed by atoms with van der Waals surface area (Å²) in [4.78, 5) is 11.8. The van der Waals surface area contributed by atoms with Crippen LogP contribution in [0.5, 0.6) is 0 Å². The van der Waals surface area contributed by atoms with E-state index >= 15 is 0 Å². The molecule has 0 aliphatic heterocycles. The molecule has 21 heavy (non-hydrogen) atoms. The number of carboxylic acid groups (broad SMARTS) is 1. The van der Waals surface area contributed by atoms with Gasteiger partial charge in [-0.1, -0.05) is 19.3 Å². The van der Waals surface area contributed by atoms with E-state index in [0.29, 0.717) is 5.92 Å². The van der Waals surface area contributed by atoms with E-state index in [1.165, 1.54) is 31.4 Å². The molecule has 0 heterocycles. The van der Waals surface area contributed by atoms with Crippen LogP contribution in [0, 0.1) is 11.8 Å². The quantitative estimate of drug-likeness (QED) is 0.667. The van der Waals surface area contributed by atoms with E-state index in [2.05, 4.69) is 19.2 Å². The maximum atomic E-state index is 11.8. The first-order valence-electron chi connectivity index (χ1n) is 8.63. The third-order valence-electron chi connectivity index (χ3n) is 5.19. The Morgan fingerprint density at radius 3 is 2.62 bits per heavy atom. The molecule has 0 aromatic rings. The van der Waals surface area contributed by atoms with E-state index < -0.39 is 11.5 Å². The first kappa shape index (κ1) is 17.1. The second-order valence-corrected chi connectivity index (χ2v) is 8.33. The predicted molar refractivity (Wildman–Crippen MR) is 89.9 cm³/mol. The van der Waals surface area contributed by atoms with Crippen molar-refractivity contribution >= 4 is 17.7 Å². The standard InChI is InChI=1S/C17H31NO2S/c1-13(2)18-17(16(19)20)10-5-8-15(17)9-11-21-12-14-6-3-4-7-14/h13-15,18H,3-12H2,1-2H3,(H,19,20). The molecule has 0 spiro atoms. The topological polar surface area (TPSA) is 49.3 Å². The number of hydrogen-bond donors (Lipinski definition) is 2. The van der Waals surface area contributed by atoms with E-state index in [9.17, 15) is 9.90 Å². The molecular weight excluding hydrogens is 282 g/mol. The number of aliphatic carboxylic acids is 1. The van der Waals surface area contributed by atoms with Crippen LogP contribution in [0.4, 0.5) is 0 Å². The molecule has 2 fully saturated rings. The molecule has 122 valence electrons. The Morgan fingerprint density at radius 1 is 1.29 bits per heavy atom. The van der Waals surface area contributed by atoms with Crippen molar-refractivity contribution in [2.75, 3.05) is 11.5 Å². The van der Waals surface area contributed by atoms with E-state index in [4.69, 9.17) is 0 Å². The average molecular weight is 314 g/mol. The van der Waals surface area contributed by atoms with Crippen LogP contribution in [0.25, 0.3) is 0 Å². The van der Waals surface area contributed by atoms with Gasteiger partial charge in [-0.3, -0.25) is 10.1 Å². The molecular formula is C17H31NO2S. The summed E-state index contributed by atoms with van der Waals surface area (Å²) >= 11 is 2.05. The fourth-order valence-electron chi connectivity index (χ4n) is 4.17. The molecule has 0 radical (unpaired) electrons. The highest BCUT2D eigenvalue weighted by atomic mass is 32.2. The molecule has 2 aliphatic carbocycles. The number of hydrogen-bond acceptors (Lipinski definition) is 3. The number of carboxylic acids is 1. The summed E-state index contributed by atoms with van der Waals surface area (Å²) in [6.45, 7) is 4.10. The fraction of sp³-hybridized carbons (Fsp3) is 0.941. The SMILES string of the molecule is CC(C)NC1(C(=O)O)CCCC1CCSCC1CCCC1. The Kier molecular flexibility index (Phi) is 6.42. The molecule has 0 aromatic carbocycles. The van der Waals surface area contributed by atoms with Crippen molar-refractivity contribution in [1.82, 2.24) is 5.32 Å². The van der Waals surface area contributed by atoms with Crippen LogP contribution >= 0.6 is 11.8 Å². The first-order chi connectivity index (χ1) is 10.0. The summed E-state index contributed by atoms with van der Waals surface area (Å²) in [5.74, 6) is 2.99. The zero-order valence-electron chi connectivity index (χ0n) is 13.6. The van der Waals surface area contributed by atoms with Crippen molar-refractivity contribution in [3.05, 3.63) is 0 Å². The Morgan fingerprint density at radius 2 is 2.00 bits per heavy atom. The predicted octanol–water partition coefficient (Wildman–Crippen LogP) is 3.92. The zero-order chi connectivity index (χ0) is 15.3. The van der Waals surface area contributed by atoms with Gasteiger partial charge >= 0.3 is 5.97 Å². The van der Waals surface area contributed by atoms with Gasteiger partial charge in [0.1, 0.15) is 5.54 Å². The smallest absolute Gasteiger partial charge is 0.324 e. The molecule has 2 saturated carbocycles. The molecule has 2 N–H and O–H groups in total. The van der Waals surface area contributed by atoms with Gasteiger partial charge in [-0.15, -0.1) is 0 Å². The summed E-state index contributed by atoms with van der Waals surface area (Å²) < 4.78 is 0. The zero-order valence-corrected chi connectivity index (χ0v) is 14.4. The van der Waals surface area contributed by atoms with Crippen molar-refractivity contribution in [3.63, 3.8) is 0 Å². The third kappa shape index (κ3) is 4.38.